The molecule has 0 saturated carbocycles. The van der Waals surface area contributed by atoms with Crippen LogP contribution < -0.4 is 9.47 Å². The zero-order valence-electron chi connectivity index (χ0n) is 14.9. The van der Waals surface area contributed by atoms with Crippen LogP contribution in [0.4, 0.5) is 0 Å². The number of ether oxygens (including phenoxy) is 3. The number of hydrogen-bond acceptors (Lipinski definition) is 6. The van der Waals surface area contributed by atoms with Gasteiger partial charge in [-0.1, -0.05) is 12.1 Å². The third-order valence-electron chi connectivity index (χ3n) is 4.73. The van der Waals surface area contributed by atoms with E-state index in [0.717, 1.165) is 29.8 Å². The summed E-state index contributed by atoms with van der Waals surface area (Å²) in [4.78, 5) is 10.8. The summed E-state index contributed by atoms with van der Waals surface area (Å²) in [6, 6.07) is 10.3. The molecule has 3 heterocycles. The van der Waals surface area contributed by atoms with Gasteiger partial charge in [-0.2, -0.15) is 0 Å². The van der Waals surface area contributed by atoms with Gasteiger partial charge in [-0.3, -0.25) is 0 Å². The Morgan fingerprint density at radius 1 is 1.15 bits per heavy atom. The highest BCUT2D eigenvalue weighted by atomic mass is 16.5. The number of nitrogens with zero attached hydrogens (tertiary/aromatic N) is 3. The summed E-state index contributed by atoms with van der Waals surface area (Å²) < 4.78 is 16.5. The fourth-order valence-corrected chi connectivity index (χ4v) is 3.35. The predicted octanol–water partition coefficient (Wildman–Crippen LogP) is 2.89. The molecule has 0 spiro atoms. The van der Waals surface area contributed by atoms with Gasteiger partial charge in [0, 0.05) is 36.0 Å². The lowest BCUT2D eigenvalue weighted by Gasteiger charge is -2.35. The normalized spacial score (nSPS) is 18.6. The molecule has 2 aliphatic rings. The van der Waals surface area contributed by atoms with Crippen LogP contribution in [0.2, 0.25) is 0 Å². The van der Waals surface area contributed by atoms with Crippen LogP contribution in [-0.2, 0) is 11.2 Å². The van der Waals surface area contributed by atoms with Crippen LogP contribution in [-0.4, -0.2) is 49.5 Å². The molecule has 1 atom stereocenters. The second-order valence-electron chi connectivity index (χ2n) is 6.22. The molecular formula is C20H21N3O3. The zero-order valence-corrected chi connectivity index (χ0v) is 14.9. The minimum Gasteiger partial charge on any atom is -0.491 e. The molecule has 2 aromatic rings. The smallest absolute Gasteiger partial charge is 0.229 e. The van der Waals surface area contributed by atoms with Crippen molar-refractivity contribution in [3.05, 3.63) is 54.2 Å². The number of methoxy groups -OCH3 is 2. The predicted molar refractivity (Wildman–Crippen MR) is 99.5 cm³/mol. The molecule has 1 aromatic heterocycles. The van der Waals surface area contributed by atoms with E-state index in [-0.39, 0.29) is 6.04 Å². The van der Waals surface area contributed by atoms with Crippen molar-refractivity contribution in [2.75, 3.05) is 27.4 Å². The van der Waals surface area contributed by atoms with Gasteiger partial charge in [0.15, 0.2) is 0 Å². The number of aromatic nitrogens is 1. The molecule has 0 saturated heterocycles. The van der Waals surface area contributed by atoms with Crippen molar-refractivity contribution in [2.45, 2.75) is 12.5 Å². The van der Waals surface area contributed by atoms with Gasteiger partial charge in [-0.25, -0.2) is 9.98 Å². The number of hydrogen-bond donors (Lipinski definition) is 0. The summed E-state index contributed by atoms with van der Waals surface area (Å²) in [7, 11) is 3.25. The molecule has 1 aromatic carbocycles. The van der Waals surface area contributed by atoms with Gasteiger partial charge in [0.25, 0.3) is 0 Å². The van der Waals surface area contributed by atoms with Crippen LogP contribution in [0.25, 0.3) is 11.1 Å². The molecule has 0 unspecified atom stereocenters. The van der Waals surface area contributed by atoms with E-state index in [4.69, 9.17) is 14.2 Å². The van der Waals surface area contributed by atoms with Crippen molar-refractivity contribution < 1.29 is 14.2 Å². The molecule has 6 nitrogen and oxygen atoms in total. The van der Waals surface area contributed by atoms with Crippen LogP contribution in [0.3, 0.4) is 0 Å². The maximum atomic E-state index is 6.06. The largest absolute Gasteiger partial charge is 0.491 e. The topological polar surface area (TPSA) is 56.2 Å². The molecule has 0 amide bonds. The van der Waals surface area contributed by atoms with E-state index in [0.29, 0.717) is 18.4 Å². The fraction of sp³-hybridized carbons (Fsp3) is 0.300. The van der Waals surface area contributed by atoms with E-state index in [1.54, 1.807) is 14.2 Å². The Morgan fingerprint density at radius 3 is 2.85 bits per heavy atom. The minimum absolute atomic E-state index is 0.228. The van der Waals surface area contributed by atoms with Crippen LogP contribution in [0, 0.1) is 0 Å². The molecular weight excluding hydrogens is 330 g/mol. The lowest BCUT2D eigenvalue weighted by Crippen LogP contribution is -2.42. The van der Waals surface area contributed by atoms with Crippen LogP contribution >= 0.6 is 0 Å². The summed E-state index contributed by atoms with van der Waals surface area (Å²) in [5, 5.41) is 0. The van der Waals surface area contributed by atoms with E-state index < -0.39 is 0 Å². The Balaban J connectivity index is 1.63. The molecule has 0 N–H and O–H groups in total. The van der Waals surface area contributed by atoms with Crippen molar-refractivity contribution in [1.29, 1.82) is 0 Å². The van der Waals surface area contributed by atoms with Gasteiger partial charge < -0.3 is 19.1 Å². The third kappa shape index (κ3) is 3.10. The van der Waals surface area contributed by atoms with Gasteiger partial charge in [0.1, 0.15) is 12.4 Å². The first kappa shape index (κ1) is 16.4. The lowest BCUT2D eigenvalue weighted by atomic mass is 9.93. The Bertz CT molecular complexity index is 846. The van der Waals surface area contributed by atoms with Crippen molar-refractivity contribution >= 4 is 6.21 Å². The van der Waals surface area contributed by atoms with Crippen molar-refractivity contribution in [1.82, 2.24) is 9.88 Å². The van der Waals surface area contributed by atoms with Gasteiger partial charge in [0.2, 0.25) is 11.8 Å². The van der Waals surface area contributed by atoms with E-state index >= 15 is 0 Å². The maximum Gasteiger partial charge on any atom is 0.229 e. The van der Waals surface area contributed by atoms with Gasteiger partial charge in [-0.15, -0.1) is 0 Å². The van der Waals surface area contributed by atoms with E-state index in [1.165, 1.54) is 5.56 Å². The number of rotatable bonds is 4. The highest BCUT2D eigenvalue weighted by Gasteiger charge is 2.27. The average molecular weight is 351 g/mol. The van der Waals surface area contributed by atoms with Crippen molar-refractivity contribution in [2.24, 2.45) is 4.99 Å². The van der Waals surface area contributed by atoms with Crippen LogP contribution in [0.5, 0.6) is 11.6 Å². The molecule has 134 valence electrons. The average Bonchev–Trinajstić information content (AvgIpc) is 2.73. The molecule has 4 rings (SSSR count). The number of pyridine rings is 1. The van der Waals surface area contributed by atoms with Gasteiger partial charge in [-0.05, 0) is 17.7 Å². The molecule has 26 heavy (non-hydrogen) atoms. The first-order chi connectivity index (χ1) is 12.8. The monoisotopic (exact) mass is 351 g/mol. The molecule has 6 heteroatoms. The fourth-order valence-electron chi connectivity index (χ4n) is 3.35. The summed E-state index contributed by atoms with van der Waals surface area (Å²) in [6.45, 7) is 1.39. The Kier molecular flexibility index (Phi) is 4.48. The lowest BCUT2D eigenvalue weighted by molar-refractivity contribution is 0.162. The van der Waals surface area contributed by atoms with Gasteiger partial charge in [0.05, 0.1) is 33.0 Å². The third-order valence-corrected chi connectivity index (χ3v) is 4.73. The molecule has 0 fully saturated rings. The summed E-state index contributed by atoms with van der Waals surface area (Å²) in [5.41, 5.74) is 3.40. The van der Waals surface area contributed by atoms with Crippen molar-refractivity contribution in [3.63, 3.8) is 0 Å². The second-order valence-corrected chi connectivity index (χ2v) is 6.22. The zero-order chi connectivity index (χ0) is 17.9. The van der Waals surface area contributed by atoms with Crippen LogP contribution in [0.1, 0.15) is 5.56 Å². The first-order valence-electron chi connectivity index (χ1n) is 8.57. The number of benzene rings is 1. The SMILES string of the molecule is COC1=CN([C@@H]2COc3cccc(-c4ccc(OC)nc4)c3C2)CC=N1. The van der Waals surface area contributed by atoms with Crippen LogP contribution in [0.15, 0.2) is 53.6 Å². The van der Waals surface area contributed by atoms with Crippen molar-refractivity contribution in [3.8, 4) is 22.8 Å². The summed E-state index contributed by atoms with van der Waals surface area (Å²) in [5.74, 6) is 2.17. The van der Waals surface area contributed by atoms with E-state index in [2.05, 4.69) is 20.9 Å². The highest BCUT2D eigenvalue weighted by Crippen LogP contribution is 2.35. The summed E-state index contributed by atoms with van der Waals surface area (Å²) in [6.07, 6.45) is 6.55. The molecule has 0 bridgehead atoms. The second kappa shape index (κ2) is 7.07. The highest BCUT2D eigenvalue weighted by molar-refractivity contribution is 5.70. The summed E-state index contributed by atoms with van der Waals surface area (Å²) >= 11 is 0. The number of fused-ring (bicyclic) bond motifs is 1. The number of aliphatic imine (C=N–C) groups is 1. The molecule has 2 aliphatic heterocycles. The van der Waals surface area contributed by atoms with E-state index in [9.17, 15) is 0 Å². The van der Waals surface area contributed by atoms with E-state index in [1.807, 2.05) is 42.9 Å². The Hall–Kier alpha value is -3.02. The maximum absolute atomic E-state index is 6.06. The molecule has 0 aliphatic carbocycles. The first-order valence-corrected chi connectivity index (χ1v) is 8.57. The Labute approximate surface area is 152 Å². The Morgan fingerprint density at radius 2 is 2.08 bits per heavy atom. The quantitative estimate of drug-likeness (QED) is 0.848. The molecule has 0 radical (unpaired) electrons. The standard InChI is InChI=1S/C20H21N3O3/c1-24-19-7-6-14(11-22-19)16-4-3-5-18-17(16)10-15(13-26-18)23-9-8-21-20(12-23)25-2/h3-8,11-12,15H,9-10,13H2,1-2H3/t15-/m0/s1. The minimum atomic E-state index is 0.228. The van der Waals surface area contributed by atoms with Gasteiger partial charge >= 0.3 is 0 Å².